The van der Waals surface area contributed by atoms with Crippen LogP contribution in [0.5, 0.6) is 0 Å². The Hall–Kier alpha value is -0.930. The zero-order valence-electron chi connectivity index (χ0n) is 10.9. The van der Waals surface area contributed by atoms with Gasteiger partial charge in [0.2, 0.25) is 0 Å². The summed E-state index contributed by atoms with van der Waals surface area (Å²) in [6, 6.07) is 7.99. The second-order valence-corrected chi connectivity index (χ2v) is 5.19. The fourth-order valence-electron chi connectivity index (χ4n) is 2.42. The van der Waals surface area contributed by atoms with E-state index in [1.165, 1.54) is 5.56 Å². The highest BCUT2D eigenvalue weighted by Gasteiger charge is 2.26. The van der Waals surface area contributed by atoms with Crippen molar-refractivity contribution in [3.63, 3.8) is 0 Å². The van der Waals surface area contributed by atoms with Crippen LogP contribution in [0.15, 0.2) is 24.3 Å². The van der Waals surface area contributed by atoms with Crippen LogP contribution in [-0.4, -0.2) is 42.0 Å². The van der Waals surface area contributed by atoms with Gasteiger partial charge in [0.15, 0.2) is 0 Å². The molecule has 0 aliphatic carbocycles. The number of hydrogen-bond acceptors (Lipinski definition) is 2. The molecule has 0 bridgehead atoms. The van der Waals surface area contributed by atoms with Gasteiger partial charge in [0, 0.05) is 31.7 Å². The Balaban J connectivity index is 2.00. The topological polar surface area (TPSA) is 6.48 Å². The molecule has 17 heavy (non-hydrogen) atoms. The Bertz CT molecular complexity index is 363. The van der Waals surface area contributed by atoms with E-state index in [0.29, 0.717) is 12.1 Å². The molecule has 1 aromatic rings. The number of piperazine rings is 1. The highest BCUT2D eigenvalue weighted by molar-refractivity contribution is 5.16. The minimum atomic E-state index is -0.159. The van der Waals surface area contributed by atoms with Gasteiger partial charge in [0.05, 0.1) is 0 Å². The van der Waals surface area contributed by atoms with E-state index in [4.69, 9.17) is 0 Å². The maximum Gasteiger partial charge on any atom is 0.123 e. The molecular formula is C14H21FN2. The molecule has 2 nitrogen and oxygen atoms in total. The van der Waals surface area contributed by atoms with Gasteiger partial charge in [-0.3, -0.25) is 4.90 Å². The third-order valence-corrected chi connectivity index (χ3v) is 3.73. The molecule has 1 aromatic carbocycles. The minimum Gasteiger partial charge on any atom is -0.301 e. The number of rotatable bonds is 2. The summed E-state index contributed by atoms with van der Waals surface area (Å²) in [5.41, 5.74) is 1.19. The summed E-state index contributed by atoms with van der Waals surface area (Å²) >= 11 is 0. The maximum atomic E-state index is 12.8. The predicted molar refractivity (Wildman–Crippen MR) is 68.4 cm³/mol. The molecule has 0 saturated carbocycles. The third-order valence-electron chi connectivity index (χ3n) is 3.73. The Morgan fingerprint density at radius 2 is 1.76 bits per heavy atom. The quantitative estimate of drug-likeness (QED) is 0.777. The van der Waals surface area contributed by atoms with E-state index in [2.05, 4.69) is 30.7 Å². The second kappa shape index (κ2) is 5.15. The van der Waals surface area contributed by atoms with Crippen molar-refractivity contribution in [1.29, 1.82) is 0 Å². The van der Waals surface area contributed by atoms with Crippen LogP contribution in [0.25, 0.3) is 0 Å². The fourth-order valence-corrected chi connectivity index (χ4v) is 2.42. The van der Waals surface area contributed by atoms with Crippen LogP contribution in [0, 0.1) is 5.82 Å². The largest absolute Gasteiger partial charge is 0.301 e. The average Bonchev–Trinajstić information content (AvgIpc) is 2.29. The van der Waals surface area contributed by atoms with Crippen molar-refractivity contribution in [2.24, 2.45) is 0 Å². The van der Waals surface area contributed by atoms with Gasteiger partial charge in [0.25, 0.3) is 0 Å². The van der Waals surface area contributed by atoms with Gasteiger partial charge >= 0.3 is 0 Å². The molecule has 0 unspecified atom stereocenters. The standard InChI is InChI=1S/C14H21FN2/c1-11-9-17(12(2)8-16(11)3)10-13-4-6-14(15)7-5-13/h4-7,11-12H,8-10H2,1-3H3/t11-,12+/m0/s1. The van der Waals surface area contributed by atoms with E-state index in [9.17, 15) is 4.39 Å². The molecule has 0 aromatic heterocycles. The highest BCUT2D eigenvalue weighted by atomic mass is 19.1. The molecule has 94 valence electrons. The van der Waals surface area contributed by atoms with Crippen LogP contribution in [0.3, 0.4) is 0 Å². The first-order chi connectivity index (χ1) is 8.06. The first-order valence-electron chi connectivity index (χ1n) is 6.25. The van der Waals surface area contributed by atoms with Crippen LogP contribution in [0.2, 0.25) is 0 Å². The molecule has 1 saturated heterocycles. The number of halogens is 1. The second-order valence-electron chi connectivity index (χ2n) is 5.19. The Labute approximate surface area is 103 Å². The maximum absolute atomic E-state index is 12.8. The fraction of sp³-hybridized carbons (Fsp3) is 0.571. The molecule has 2 rings (SSSR count). The molecular weight excluding hydrogens is 215 g/mol. The van der Waals surface area contributed by atoms with E-state index >= 15 is 0 Å². The van der Waals surface area contributed by atoms with Crippen LogP contribution < -0.4 is 0 Å². The first-order valence-corrected chi connectivity index (χ1v) is 6.25. The number of nitrogens with zero attached hydrogens (tertiary/aromatic N) is 2. The molecule has 1 aliphatic heterocycles. The van der Waals surface area contributed by atoms with Gasteiger partial charge in [-0.05, 0) is 38.6 Å². The molecule has 3 heteroatoms. The van der Waals surface area contributed by atoms with Gasteiger partial charge in [0.1, 0.15) is 5.82 Å². The summed E-state index contributed by atoms with van der Waals surface area (Å²) in [4.78, 5) is 4.86. The van der Waals surface area contributed by atoms with Crippen LogP contribution >= 0.6 is 0 Å². The summed E-state index contributed by atoms with van der Waals surface area (Å²) in [5, 5.41) is 0. The monoisotopic (exact) mass is 236 g/mol. The van der Waals surface area contributed by atoms with Crippen molar-refractivity contribution >= 4 is 0 Å². The molecule has 1 aliphatic rings. The van der Waals surface area contributed by atoms with Crippen molar-refractivity contribution < 1.29 is 4.39 Å². The Morgan fingerprint density at radius 3 is 2.41 bits per heavy atom. The number of likely N-dealkylation sites (N-methyl/N-ethyl adjacent to an activating group) is 1. The lowest BCUT2D eigenvalue weighted by atomic mass is 10.1. The van der Waals surface area contributed by atoms with Crippen molar-refractivity contribution in [2.75, 3.05) is 20.1 Å². The number of hydrogen-bond donors (Lipinski definition) is 0. The van der Waals surface area contributed by atoms with Gasteiger partial charge in [-0.1, -0.05) is 12.1 Å². The predicted octanol–water partition coefficient (Wildman–Crippen LogP) is 2.35. The molecule has 1 fully saturated rings. The molecule has 0 amide bonds. The SMILES string of the molecule is C[C@@H]1CN(C)[C@@H](C)CN1Cc1ccc(F)cc1. The lowest BCUT2D eigenvalue weighted by molar-refractivity contribution is 0.0545. The summed E-state index contributed by atoms with van der Waals surface area (Å²) < 4.78 is 12.8. The van der Waals surface area contributed by atoms with Gasteiger partial charge < -0.3 is 4.90 Å². The van der Waals surface area contributed by atoms with E-state index < -0.39 is 0 Å². The number of benzene rings is 1. The molecule has 0 spiro atoms. The summed E-state index contributed by atoms with van der Waals surface area (Å²) in [6.07, 6.45) is 0. The zero-order valence-corrected chi connectivity index (χ0v) is 10.9. The average molecular weight is 236 g/mol. The van der Waals surface area contributed by atoms with Gasteiger partial charge in [-0.15, -0.1) is 0 Å². The van der Waals surface area contributed by atoms with Crippen molar-refractivity contribution in [2.45, 2.75) is 32.5 Å². The van der Waals surface area contributed by atoms with Gasteiger partial charge in [-0.25, -0.2) is 4.39 Å². The Kier molecular flexibility index (Phi) is 3.79. The van der Waals surface area contributed by atoms with E-state index in [1.54, 1.807) is 12.1 Å². The minimum absolute atomic E-state index is 0.159. The molecule has 0 N–H and O–H groups in total. The zero-order chi connectivity index (χ0) is 12.4. The normalized spacial score (nSPS) is 27.3. The highest BCUT2D eigenvalue weighted by Crippen LogP contribution is 2.16. The summed E-state index contributed by atoms with van der Waals surface area (Å²) in [7, 11) is 2.18. The van der Waals surface area contributed by atoms with E-state index in [-0.39, 0.29) is 5.82 Å². The molecule has 2 atom stereocenters. The first kappa shape index (κ1) is 12.5. The lowest BCUT2D eigenvalue weighted by Gasteiger charge is -2.42. The molecule has 1 heterocycles. The van der Waals surface area contributed by atoms with Gasteiger partial charge in [-0.2, -0.15) is 0 Å². The third kappa shape index (κ3) is 3.05. The van der Waals surface area contributed by atoms with Crippen LogP contribution in [0.4, 0.5) is 4.39 Å². The van der Waals surface area contributed by atoms with E-state index in [1.807, 2.05) is 12.1 Å². The smallest absolute Gasteiger partial charge is 0.123 e. The summed E-state index contributed by atoms with van der Waals surface area (Å²) in [6.45, 7) is 7.60. The molecule has 0 radical (unpaired) electrons. The van der Waals surface area contributed by atoms with Crippen molar-refractivity contribution in [3.8, 4) is 0 Å². The Morgan fingerprint density at radius 1 is 1.12 bits per heavy atom. The van der Waals surface area contributed by atoms with Crippen LogP contribution in [-0.2, 0) is 6.54 Å². The summed E-state index contributed by atoms with van der Waals surface area (Å²) in [5.74, 6) is -0.159. The van der Waals surface area contributed by atoms with E-state index in [0.717, 1.165) is 19.6 Å². The van der Waals surface area contributed by atoms with Crippen molar-refractivity contribution in [3.05, 3.63) is 35.6 Å². The van der Waals surface area contributed by atoms with Crippen LogP contribution in [0.1, 0.15) is 19.4 Å². The lowest BCUT2D eigenvalue weighted by Crippen LogP contribution is -2.54. The van der Waals surface area contributed by atoms with Crippen molar-refractivity contribution in [1.82, 2.24) is 9.80 Å².